The highest BCUT2D eigenvalue weighted by molar-refractivity contribution is 5.90. The third kappa shape index (κ3) is 4.90. The Hall–Kier alpha value is -4.33. The van der Waals surface area contributed by atoms with E-state index in [0.717, 1.165) is 0 Å². The van der Waals surface area contributed by atoms with Crippen LogP contribution in [0.5, 0.6) is 28.7 Å². The number of phenols is 3. The molecule has 3 aromatic carbocycles. The quantitative estimate of drug-likeness (QED) is 0.168. The molecule has 0 saturated carbocycles. The zero-order chi connectivity index (χ0) is 28.7. The molecule has 1 aliphatic heterocycles. The minimum Gasteiger partial charge on any atom is -0.508 e. The standard InChI is InChI=1S/C28H26O12/c29-11-19-22(33)24(35)26(37)28(40-19)39-17-10-18-20(21(32)16(17)9-12-1-5-14(30)6-2-12)23(34)25(36)27(38-18)13-3-7-15(31)8-4-13/h1-8,10,19,22,24,26,28-33,35-37H,9,11H2/t19-,22-,24+,26-,28-/m1/s1. The van der Waals surface area contributed by atoms with Crippen molar-refractivity contribution in [2.45, 2.75) is 37.1 Å². The molecule has 1 fully saturated rings. The van der Waals surface area contributed by atoms with Crippen LogP contribution in [0.1, 0.15) is 11.1 Å². The number of ether oxygens (including phenoxy) is 2. The Morgan fingerprint density at radius 1 is 0.800 bits per heavy atom. The molecule has 0 amide bonds. The van der Waals surface area contributed by atoms with Gasteiger partial charge in [0, 0.05) is 23.6 Å². The number of phenolic OH excluding ortho intramolecular Hbond substituents is 3. The van der Waals surface area contributed by atoms with E-state index < -0.39 is 54.2 Å². The SMILES string of the molecule is O=c1c(O)c(-c2ccc(O)cc2)oc2cc(O[C@@H]3O[C@H](CO)[C@@H](O)[C@H](O)[C@H]3O)c(Cc3ccc(O)cc3)c(O)c12. The highest BCUT2D eigenvalue weighted by Gasteiger charge is 2.45. The average molecular weight is 555 g/mol. The summed E-state index contributed by atoms with van der Waals surface area (Å²) in [7, 11) is 0. The van der Waals surface area contributed by atoms with Crippen LogP contribution in [0.3, 0.4) is 0 Å². The van der Waals surface area contributed by atoms with Crippen molar-refractivity contribution >= 4 is 11.0 Å². The summed E-state index contributed by atoms with van der Waals surface area (Å²) >= 11 is 0. The number of hydrogen-bond acceptors (Lipinski definition) is 12. The van der Waals surface area contributed by atoms with E-state index in [1.54, 1.807) is 12.1 Å². The van der Waals surface area contributed by atoms with Crippen LogP contribution in [0.25, 0.3) is 22.3 Å². The fourth-order valence-corrected chi connectivity index (χ4v) is 4.53. The van der Waals surface area contributed by atoms with Gasteiger partial charge in [-0.2, -0.15) is 0 Å². The van der Waals surface area contributed by atoms with E-state index >= 15 is 0 Å². The van der Waals surface area contributed by atoms with E-state index in [1.807, 2.05) is 0 Å². The summed E-state index contributed by atoms with van der Waals surface area (Å²) in [4.78, 5) is 13.2. The first kappa shape index (κ1) is 27.2. The monoisotopic (exact) mass is 554 g/mol. The zero-order valence-electron chi connectivity index (χ0n) is 20.7. The number of aliphatic hydroxyl groups excluding tert-OH is 4. The van der Waals surface area contributed by atoms with Crippen LogP contribution in [-0.4, -0.2) is 78.2 Å². The van der Waals surface area contributed by atoms with Crippen LogP contribution < -0.4 is 10.2 Å². The lowest BCUT2D eigenvalue weighted by atomic mass is 9.98. The third-order valence-electron chi connectivity index (χ3n) is 6.74. The summed E-state index contributed by atoms with van der Waals surface area (Å²) in [6.07, 6.45) is -8.08. The second-order valence-corrected chi connectivity index (χ2v) is 9.39. The first-order chi connectivity index (χ1) is 19.1. The molecule has 12 heteroatoms. The van der Waals surface area contributed by atoms with E-state index in [4.69, 9.17) is 13.9 Å². The van der Waals surface area contributed by atoms with Gasteiger partial charge in [0.2, 0.25) is 17.5 Å². The molecule has 12 nitrogen and oxygen atoms in total. The maximum atomic E-state index is 13.2. The van der Waals surface area contributed by atoms with Crippen LogP contribution >= 0.6 is 0 Å². The summed E-state index contributed by atoms with van der Waals surface area (Å²) in [5, 5.41) is 81.2. The lowest BCUT2D eigenvalue weighted by molar-refractivity contribution is -0.277. The van der Waals surface area contributed by atoms with Crippen LogP contribution in [-0.2, 0) is 11.2 Å². The van der Waals surface area contributed by atoms with Crippen molar-refractivity contribution in [1.82, 2.24) is 0 Å². The molecule has 0 unspecified atom stereocenters. The summed E-state index contributed by atoms with van der Waals surface area (Å²) < 4.78 is 17.1. The van der Waals surface area contributed by atoms with Gasteiger partial charge < -0.3 is 54.7 Å². The van der Waals surface area contributed by atoms with E-state index in [-0.39, 0.29) is 51.5 Å². The predicted octanol–water partition coefficient (Wildman–Crippen LogP) is 1.05. The van der Waals surface area contributed by atoms with Gasteiger partial charge in [0.15, 0.2) is 5.76 Å². The Morgan fingerprint density at radius 3 is 2.05 bits per heavy atom. The predicted molar refractivity (Wildman–Crippen MR) is 138 cm³/mol. The van der Waals surface area contributed by atoms with Crippen molar-refractivity contribution in [3.05, 3.63) is 75.9 Å². The Bertz CT molecular complexity index is 1580. The molecule has 0 radical (unpaired) electrons. The van der Waals surface area contributed by atoms with Gasteiger partial charge in [-0.25, -0.2) is 0 Å². The molecule has 8 N–H and O–H groups in total. The zero-order valence-corrected chi connectivity index (χ0v) is 20.7. The molecule has 210 valence electrons. The maximum Gasteiger partial charge on any atom is 0.238 e. The second-order valence-electron chi connectivity index (χ2n) is 9.39. The molecule has 1 aromatic heterocycles. The first-order valence-corrected chi connectivity index (χ1v) is 12.2. The smallest absolute Gasteiger partial charge is 0.238 e. The van der Waals surface area contributed by atoms with Crippen molar-refractivity contribution in [2.75, 3.05) is 6.61 Å². The summed E-state index contributed by atoms with van der Waals surface area (Å²) in [5.41, 5.74) is -0.330. The summed E-state index contributed by atoms with van der Waals surface area (Å²) in [6.45, 7) is -0.696. The number of benzene rings is 3. The van der Waals surface area contributed by atoms with E-state index in [9.17, 15) is 45.6 Å². The maximum absolute atomic E-state index is 13.2. The Morgan fingerprint density at radius 2 is 1.43 bits per heavy atom. The fourth-order valence-electron chi connectivity index (χ4n) is 4.53. The molecular weight excluding hydrogens is 528 g/mol. The average Bonchev–Trinajstić information content (AvgIpc) is 2.94. The number of hydrogen-bond donors (Lipinski definition) is 8. The Kier molecular flexibility index (Phi) is 7.27. The van der Waals surface area contributed by atoms with Crippen molar-refractivity contribution in [1.29, 1.82) is 0 Å². The van der Waals surface area contributed by atoms with Gasteiger partial charge in [-0.05, 0) is 42.0 Å². The highest BCUT2D eigenvalue weighted by Crippen LogP contribution is 2.41. The highest BCUT2D eigenvalue weighted by atomic mass is 16.7. The normalized spacial score (nSPS) is 22.9. The fraction of sp³-hybridized carbons (Fsp3) is 0.250. The lowest BCUT2D eigenvalue weighted by Crippen LogP contribution is -2.60. The van der Waals surface area contributed by atoms with Gasteiger partial charge in [0.1, 0.15) is 58.4 Å². The molecule has 0 spiro atoms. The van der Waals surface area contributed by atoms with E-state index in [0.29, 0.717) is 5.56 Å². The molecule has 1 aliphatic rings. The van der Waals surface area contributed by atoms with Crippen LogP contribution in [0.2, 0.25) is 0 Å². The summed E-state index contributed by atoms with van der Waals surface area (Å²) in [6, 6.07) is 12.6. The third-order valence-corrected chi connectivity index (χ3v) is 6.74. The lowest BCUT2D eigenvalue weighted by Gasteiger charge is -2.39. The van der Waals surface area contributed by atoms with E-state index in [1.165, 1.54) is 42.5 Å². The largest absolute Gasteiger partial charge is 0.508 e. The number of aliphatic hydroxyl groups is 4. The van der Waals surface area contributed by atoms with Gasteiger partial charge in [-0.1, -0.05) is 12.1 Å². The first-order valence-electron chi connectivity index (χ1n) is 12.2. The van der Waals surface area contributed by atoms with Gasteiger partial charge >= 0.3 is 0 Å². The van der Waals surface area contributed by atoms with Gasteiger partial charge in [-0.3, -0.25) is 4.79 Å². The van der Waals surface area contributed by atoms with Crippen LogP contribution in [0, 0.1) is 0 Å². The second kappa shape index (κ2) is 10.7. The van der Waals surface area contributed by atoms with Crippen molar-refractivity contribution < 1.29 is 54.7 Å². The minimum atomic E-state index is -1.77. The molecule has 0 aliphatic carbocycles. The molecule has 5 rings (SSSR count). The van der Waals surface area contributed by atoms with Crippen LogP contribution in [0.4, 0.5) is 0 Å². The molecule has 1 saturated heterocycles. The topological polar surface area (TPSA) is 211 Å². The van der Waals surface area contributed by atoms with Crippen molar-refractivity contribution in [3.63, 3.8) is 0 Å². The van der Waals surface area contributed by atoms with Crippen LogP contribution in [0.15, 0.2) is 63.8 Å². The number of rotatable bonds is 6. The molecule has 4 aromatic rings. The molecule has 0 bridgehead atoms. The van der Waals surface area contributed by atoms with E-state index in [2.05, 4.69) is 0 Å². The summed E-state index contributed by atoms with van der Waals surface area (Å²) in [5.74, 6) is -1.84. The molecule has 40 heavy (non-hydrogen) atoms. The number of aromatic hydroxyl groups is 4. The molecule has 5 atom stereocenters. The van der Waals surface area contributed by atoms with Crippen molar-refractivity contribution in [3.8, 4) is 40.1 Å². The molecule has 2 heterocycles. The Labute approximate surface area is 225 Å². The van der Waals surface area contributed by atoms with Gasteiger partial charge in [0.05, 0.1) is 6.61 Å². The number of fused-ring (bicyclic) bond motifs is 1. The van der Waals surface area contributed by atoms with Crippen molar-refractivity contribution in [2.24, 2.45) is 0 Å². The van der Waals surface area contributed by atoms with Gasteiger partial charge in [-0.15, -0.1) is 0 Å². The van der Waals surface area contributed by atoms with Gasteiger partial charge in [0.25, 0.3) is 0 Å². The Balaban J connectivity index is 1.67. The minimum absolute atomic E-state index is 0.00315. The molecular formula is C28H26O12.